The standard InChI is InChI=1S/C15H11ClN2O2/c1-20-15-8-11(4-7-14(15)18-19)13(9-17)10-2-5-12(16)6-3-10/h2-8,19H,1H3. The Kier molecular flexibility index (Phi) is 4.24. The SMILES string of the molecule is COC1=CC(=C(C#N)c2ccc(Cl)cc2)C=CC1=NO. The van der Waals surface area contributed by atoms with Gasteiger partial charge in [0.05, 0.1) is 12.7 Å². The summed E-state index contributed by atoms with van der Waals surface area (Å²) in [6, 6.07) is 9.17. The molecule has 0 fully saturated rings. The molecule has 0 heterocycles. The predicted molar refractivity (Wildman–Crippen MR) is 77.4 cm³/mol. The van der Waals surface area contributed by atoms with Crippen molar-refractivity contribution in [1.82, 2.24) is 0 Å². The van der Waals surface area contributed by atoms with E-state index >= 15 is 0 Å². The monoisotopic (exact) mass is 286 g/mol. The molecule has 1 aliphatic carbocycles. The van der Waals surface area contributed by atoms with Gasteiger partial charge in [0.25, 0.3) is 0 Å². The Labute approximate surface area is 121 Å². The number of hydrogen-bond donors (Lipinski definition) is 1. The molecule has 0 bridgehead atoms. The Hall–Kier alpha value is -2.51. The molecular weight excluding hydrogens is 276 g/mol. The van der Waals surface area contributed by atoms with E-state index in [9.17, 15) is 5.26 Å². The van der Waals surface area contributed by atoms with Crippen LogP contribution in [0.2, 0.25) is 5.02 Å². The van der Waals surface area contributed by atoms with Gasteiger partial charge in [-0.15, -0.1) is 0 Å². The van der Waals surface area contributed by atoms with E-state index in [-0.39, 0.29) is 0 Å². The minimum absolute atomic E-state index is 0.310. The topological polar surface area (TPSA) is 65.6 Å². The van der Waals surface area contributed by atoms with Crippen molar-refractivity contribution in [3.8, 4) is 6.07 Å². The van der Waals surface area contributed by atoms with E-state index in [2.05, 4.69) is 11.2 Å². The third-order valence-corrected chi connectivity index (χ3v) is 3.07. The number of nitriles is 1. The van der Waals surface area contributed by atoms with E-state index in [1.807, 2.05) is 0 Å². The van der Waals surface area contributed by atoms with Gasteiger partial charge in [0.1, 0.15) is 17.5 Å². The summed E-state index contributed by atoms with van der Waals surface area (Å²) in [7, 11) is 1.47. The van der Waals surface area contributed by atoms with Crippen molar-refractivity contribution in [1.29, 1.82) is 5.26 Å². The number of benzene rings is 1. The Morgan fingerprint density at radius 1 is 1.30 bits per heavy atom. The average molecular weight is 287 g/mol. The maximum absolute atomic E-state index is 9.36. The third-order valence-electron chi connectivity index (χ3n) is 2.82. The number of ether oxygens (including phenoxy) is 1. The van der Waals surface area contributed by atoms with Gasteiger partial charge in [-0.1, -0.05) is 35.0 Å². The Morgan fingerprint density at radius 3 is 2.55 bits per heavy atom. The summed E-state index contributed by atoms with van der Waals surface area (Å²) < 4.78 is 5.13. The van der Waals surface area contributed by atoms with Crippen molar-refractivity contribution in [2.24, 2.45) is 5.16 Å². The molecule has 0 saturated heterocycles. The van der Waals surface area contributed by atoms with Crippen molar-refractivity contribution in [3.05, 3.63) is 64.4 Å². The first kappa shape index (κ1) is 13.9. The zero-order chi connectivity index (χ0) is 14.5. The summed E-state index contributed by atoms with van der Waals surface area (Å²) in [6.07, 6.45) is 4.94. The molecule has 1 aromatic rings. The first-order valence-corrected chi connectivity index (χ1v) is 6.14. The molecule has 0 amide bonds. The second kappa shape index (κ2) is 6.09. The summed E-state index contributed by atoms with van der Waals surface area (Å²) in [4.78, 5) is 0. The lowest BCUT2D eigenvalue weighted by Gasteiger charge is -2.11. The van der Waals surface area contributed by atoms with Crippen LogP contribution < -0.4 is 0 Å². The molecule has 0 spiro atoms. The number of oxime groups is 1. The first-order chi connectivity index (χ1) is 9.69. The second-order valence-electron chi connectivity index (χ2n) is 3.98. The van der Waals surface area contributed by atoms with Gasteiger partial charge in [0.2, 0.25) is 0 Å². The van der Waals surface area contributed by atoms with Gasteiger partial charge >= 0.3 is 0 Å². The van der Waals surface area contributed by atoms with Gasteiger partial charge in [-0.2, -0.15) is 5.26 Å². The molecule has 4 nitrogen and oxygen atoms in total. The first-order valence-electron chi connectivity index (χ1n) is 5.76. The Balaban J connectivity index is 2.53. The highest BCUT2D eigenvalue weighted by Gasteiger charge is 2.14. The van der Waals surface area contributed by atoms with E-state index in [1.165, 1.54) is 7.11 Å². The lowest BCUT2D eigenvalue weighted by Crippen LogP contribution is -2.06. The van der Waals surface area contributed by atoms with Crippen LogP contribution in [0.25, 0.3) is 5.57 Å². The van der Waals surface area contributed by atoms with Gasteiger partial charge in [0, 0.05) is 5.02 Å². The van der Waals surface area contributed by atoms with Crippen LogP contribution in [0.3, 0.4) is 0 Å². The van der Waals surface area contributed by atoms with Crippen LogP contribution in [-0.2, 0) is 4.74 Å². The fourth-order valence-electron chi connectivity index (χ4n) is 1.83. The van der Waals surface area contributed by atoms with Crippen LogP contribution in [0.5, 0.6) is 0 Å². The van der Waals surface area contributed by atoms with Crippen LogP contribution in [-0.4, -0.2) is 18.0 Å². The molecule has 5 heteroatoms. The normalized spacial score (nSPS) is 18.4. The fourth-order valence-corrected chi connectivity index (χ4v) is 1.95. The molecule has 0 aromatic heterocycles. The Bertz CT molecular complexity index is 677. The number of halogens is 1. The number of rotatable bonds is 2. The molecular formula is C15H11ClN2O2. The summed E-state index contributed by atoms with van der Waals surface area (Å²) in [6.45, 7) is 0. The van der Waals surface area contributed by atoms with Gasteiger partial charge in [-0.3, -0.25) is 0 Å². The lowest BCUT2D eigenvalue weighted by atomic mass is 9.96. The van der Waals surface area contributed by atoms with Crippen LogP contribution in [0.1, 0.15) is 5.56 Å². The van der Waals surface area contributed by atoms with Gasteiger partial charge in [0.15, 0.2) is 0 Å². The van der Waals surface area contributed by atoms with Crippen molar-refractivity contribution in [2.45, 2.75) is 0 Å². The fraction of sp³-hybridized carbons (Fsp3) is 0.0667. The second-order valence-corrected chi connectivity index (χ2v) is 4.42. The summed E-state index contributed by atoms with van der Waals surface area (Å²) in [5.74, 6) is 0.395. The van der Waals surface area contributed by atoms with Crippen LogP contribution >= 0.6 is 11.6 Å². The number of methoxy groups -OCH3 is 1. The van der Waals surface area contributed by atoms with Crippen molar-refractivity contribution in [2.75, 3.05) is 7.11 Å². The molecule has 0 unspecified atom stereocenters. The molecule has 0 atom stereocenters. The molecule has 1 aromatic carbocycles. The highest BCUT2D eigenvalue weighted by molar-refractivity contribution is 6.30. The smallest absolute Gasteiger partial charge is 0.148 e. The highest BCUT2D eigenvalue weighted by Crippen LogP contribution is 2.25. The minimum Gasteiger partial charge on any atom is -0.494 e. The van der Waals surface area contributed by atoms with E-state index in [4.69, 9.17) is 21.5 Å². The van der Waals surface area contributed by atoms with Gasteiger partial charge < -0.3 is 9.94 Å². The van der Waals surface area contributed by atoms with E-state index in [0.717, 1.165) is 5.56 Å². The van der Waals surface area contributed by atoms with Gasteiger partial charge in [-0.25, -0.2) is 0 Å². The molecule has 0 radical (unpaired) electrons. The molecule has 1 N–H and O–H groups in total. The molecule has 1 aliphatic rings. The van der Waals surface area contributed by atoms with E-state index in [1.54, 1.807) is 42.5 Å². The quantitative estimate of drug-likeness (QED) is 0.514. The summed E-state index contributed by atoms with van der Waals surface area (Å²) in [5, 5.41) is 21.9. The average Bonchev–Trinajstić information content (AvgIpc) is 2.49. The number of hydrogen-bond acceptors (Lipinski definition) is 4. The highest BCUT2D eigenvalue weighted by atomic mass is 35.5. The third kappa shape index (κ3) is 2.73. The zero-order valence-electron chi connectivity index (χ0n) is 10.7. The van der Waals surface area contributed by atoms with Crippen LogP contribution in [0, 0.1) is 11.3 Å². The number of nitrogens with zero attached hydrogens (tertiary/aromatic N) is 2. The lowest BCUT2D eigenvalue weighted by molar-refractivity contribution is 0.295. The largest absolute Gasteiger partial charge is 0.494 e. The minimum atomic E-state index is 0.310. The molecule has 20 heavy (non-hydrogen) atoms. The van der Waals surface area contributed by atoms with Crippen molar-refractivity contribution < 1.29 is 9.94 Å². The predicted octanol–water partition coefficient (Wildman–Crippen LogP) is 3.55. The molecule has 2 rings (SSSR count). The van der Waals surface area contributed by atoms with Crippen molar-refractivity contribution in [3.63, 3.8) is 0 Å². The summed E-state index contributed by atoms with van der Waals surface area (Å²) >= 11 is 5.84. The molecule has 100 valence electrons. The van der Waals surface area contributed by atoms with Crippen LogP contribution in [0.15, 0.2) is 59.0 Å². The van der Waals surface area contributed by atoms with Crippen molar-refractivity contribution >= 4 is 22.9 Å². The Morgan fingerprint density at radius 2 is 2.00 bits per heavy atom. The number of allylic oxidation sites excluding steroid dienone is 5. The van der Waals surface area contributed by atoms with E-state index in [0.29, 0.717) is 27.6 Å². The van der Waals surface area contributed by atoms with Gasteiger partial charge in [-0.05, 0) is 35.4 Å². The molecule has 0 aliphatic heterocycles. The maximum atomic E-state index is 9.36. The zero-order valence-corrected chi connectivity index (χ0v) is 11.4. The summed E-state index contributed by atoms with van der Waals surface area (Å²) in [5.41, 5.74) is 2.24. The van der Waals surface area contributed by atoms with E-state index < -0.39 is 0 Å². The maximum Gasteiger partial charge on any atom is 0.148 e. The molecule has 0 saturated carbocycles. The van der Waals surface area contributed by atoms with Crippen LogP contribution in [0.4, 0.5) is 0 Å².